The number of benzene rings is 1. The van der Waals surface area contributed by atoms with Gasteiger partial charge in [0.15, 0.2) is 0 Å². The van der Waals surface area contributed by atoms with Crippen LogP contribution in [0.4, 0.5) is 4.39 Å². The Morgan fingerprint density at radius 1 is 1.27 bits per heavy atom. The summed E-state index contributed by atoms with van der Waals surface area (Å²) in [5, 5.41) is 10.7. The van der Waals surface area contributed by atoms with Crippen LogP contribution in [-0.4, -0.2) is 22.6 Å². The molecule has 0 unspecified atom stereocenters. The summed E-state index contributed by atoms with van der Waals surface area (Å²) in [4.78, 5) is 11.7. The first kappa shape index (κ1) is 16.1. The van der Waals surface area contributed by atoms with Gasteiger partial charge in [-0.05, 0) is 36.6 Å². The van der Waals surface area contributed by atoms with Crippen molar-refractivity contribution in [2.75, 3.05) is 6.54 Å². The van der Waals surface area contributed by atoms with Crippen molar-refractivity contribution in [1.82, 2.24) is 15.5 Å². The van der Waals surface area contributed by atoms with Gasteiger partial charge in [0, 0.05) is 24.9 Å². The van der Waals surface area contributed by atoms with Gasteiger partial charge in [0.25, 0.3) is 0 Å². The summed E-state index contributed by atoms with van der Waals surface area (Å²) >= 11 is 0. The second kappa shape index (κ2) is 7.68. The zero-order chi connectivity index (χ0) is 15.9. The lowest BCUT2D eigenvalue weighted by molar-refractivity contribution is -0.121. The zero-order valence-electron chi connectivity index (χ0n) is 12.8. The summed E-state index contributed by atoms with van der Waals surface area (Å²) in [6.45, 7) is 4.91. The number of nitrogens with zero attached hydrogens (tertiary/aromatic N) is 2. The quantitative estimate of drug-likeness (QED) is 0.854. The predicted molar refractivity (Wildman–Crippen MR) is 80.5 cm³/mol. The van der Waals surface area contributed by atoms with Crippen molar-refractivity contribution in [3.8, 4) is 11.5 Å². The molecule has 0 aliphatic carbocycles. The smallest absolute Gasteiger partial charge is 0.247 e. The molecule has 0 fully saturated rings. The van der Waals surface area contributed by atoms with E-state index in [1.807, 2.05) is 0 Å². The molecule has 2 aromatic rings. The molecule has 0 aliphatic rings. The fourth-order valence-corrected chi connectivity index (χ4v) is 1.87. The second-order valence-corrected chi connectivity index (χ2v) is 5.54. The Morgan fingerprint density at radius 2 is 2.00 bits per heavy atom. The van der Waals surface area contributed by atoms with Gasteiger partial charge >= 0.3 is 0 Å². The lowest BCUT2D eigenvalue weighted by Gasteiger charge is -2.06. The Bertz CT molecular complexity index is 608. The van der Waals surface area contributed by atoms with Crippen molar-refractivity contribution in [2.45, 2.75) is 33.1 Å². The summed E-state index contributed by atoms with van der Waals surface area (Å²) in [6, 6.07) is 5.82. The number of rotatable bonds is 7. The van der Waals surface area contributed by atoms with Crippen LogP contribution in [-0.2, 0) is 11.2 Å². The van der Waals surface area contributed by atoms with Gasteiger partial charge in [-0.15, -0.1) is 10.2 Å². The van der Waals surface area contributed by atoms with Crippen LogP contribution in [0.2, 0.25) is 0 Å². The zero-order valence-corrected chi connectivity index (χ0v) is 12.8. The van der Waals surface area contributed by atoms with Crippen molar-refractivity contribution in [3.63, 3.8) is 0 Å². The molecule has 0 aliphatic heterocycles. The minimum absolute atomic E-state index is 0.0258. The first-order valence-electron chi connectivity index (χ1n) is 7.39. The molecule has 1 aromatic carbocycles. The highest BCUT2D eigenvalue weighted by Gasteiger charge is 2.10. The number of carbonyl (C=O) groups excluding carboxylic acids is 1. The van der Waals surface area contributed by atoms with Crippen molar-refractivity contribution < 1.29 is 13.6 Å². The summed E-state index contributed by atoms with van der Waals surface area (Å²) in [5.74, 6) is 0.951. The third-order valence-corrected chi connectivity index (χ3v) is 3.17. The topological polar surface area (TPSA) is 68.0 Å². The number of amides is 1. The second-order valence-electron chi connectivity index (χ2n) is 5.54. The maximum atomic E-state index is 12.9. The van der Waals surface area contributed by atoms with E-state index >= 15 is 0 Å². The van der Waals surface area contributed by atoms with E-state index < -0.39 is 0 Å². The van der Waals surface area contributed by atoms with Crippen LogP contribution in [0, 0.1) is 11.7 Å². The van der Waals surface area contributed by atoms with Crippen LogP contribution in [0.1, 0.15) is 32.6 Å². The Morgan fingerprint density at radius 3 is 2.68 bits per heavy atom. The number of hydrogen-bond acceptors (Lipinski definition) is 4. The lowest BCUT2D eigenvalue weighted by Crippen LogP contribution is -2.25. The molecule has 5 nitrogen and oxygen atoms in total. The first-order valence-corrected chi connectivity index (χ1v) is 7.39. The van der Waals surface area contributed by atoms with Crippen LogP contribution in [0.25, 0.3) is 11.5 Å². The number of hydrogen-bond donors (Lipinski definition) is 1. The molecule has 0 atom stereocenters. The van der Waals surface area contributed by atoms with Crippen molar-refractivity contribution in [1.29, 1.82) is 0 Å². The number of aromatic nitrogens is 2. The van der Waals surface area contributed by atoms with Gasteiger partial charge in [0.05, 0.1) is 0 Å². The highest BCUT2D eigenvalue weighted by Crippen LogP contribution is 2.18. The van der Waals surface area contributed by atoms with E-state index in [9.17, 15) is 9.18 Å². The maximum Gasteiger partial charge on any atom is 0.247 e. The molecule has 0 radical (unpaired) electrons. The average Bonchev–Trinajstić information content (AvgIpc) is 2.94. The number of aryl methyl sites for hydroxylation is 1. The van der Waals surface area contributed by atoms with E-state index in [4.69, 9.17) is 4.42 Å². The molecule has 1 amide bonds. The van der Waals surface area contributed by atoms with Crippen molar-refractivity contribution >= 4 is 5.91 Å². The van der Waals surface area contributed by atoms with Crippen LogP contribution < -0.4 is 5.32 Å². The van der Waals surface area contributed by atoms with Crippen LogP contribution in [0.15, 0.2) is 28.7 Å². The molecule has 2 rings (SSSR count). The third-order valence-electron chi connectivity index (χ3n) is 3.17. The minimum atomic E-state index is -0.318. The van der Waals surface area contributed by atoms with E-state index in [0.29, 0.717) is 42.6 Å². The first-order chi connectivity index (χ1) is 10.5. The van der Waals surface area contributed by atoms with E-state index in [2.05, 4.69) is 29.4 Å². The normalized spacial score (nSPS) is 10.9. The molecule has 0 saturated carbocycles. The predicted octanol–water partition coefficient (Wildman–Crippen LogP) is 2.97. The molecule has 0 bridgehead atoms. The summed E-state index contributed by atoms with van der Waals surface area (Å²) in [5.41, 5.74) is 0.654. The number of nitrogens with one attached hydrogen (secondary N) is 1. The fraction of sp³-hybridized carbons (Fsp3) is 0.438. The highest BCUT2D eigenvalue weighted by atomic mass is 19.1. The molecule has 118 valence electrons. The summed E-state index contributed by atoms with van der Waals surface area (Å²) < 4.78 is 18.3. The van der Waals surface area contributed by atoms with Gasteiger partial charge in [-0.1, -0.05) is 13.8 Å². The minimum Gasteiger partial charge on any atom is -0.421 e. The van der Waals surface area contributed by atoms with Gasteiger partial charge in [-0.2, -0.15) is 0 Å². The maximum absolute atomic E-state index is 12.9. The molecule has 6 heteroatoms. The fourth-order valence-electron chi connectivity index (χ4n) is 1.87. The van der Waals surface area contributed by atoms with Gasteiger partial charge in [-0.25, -0.2) is 4.39 Å². The molecule has 0 saturated heterocycles. The van der Waals surface area contributed by atoms with Gasteiger partial charge < -0.3 is 9.73 Å². The van der Waals surface area contributed by atoms with Crippen molar-refractivity contribution in [2.24, 2.45) is 5.92 Å². The standard InChI is InChI=1S/C16H20FN3O2/c1-11(2)9-10-18-14(21)7-8-15-19-20-16(22-15)12-3-5-13(17)6-4-12/h3-6,11H,7-10H2,1-2H3,(H,18,21). The largest absolute Gasteiger partial charge is 0.421 e. The van der Waals surface area contributed by atoms with Gasteiger partial charge in [0.2, 0.25) is 17.7 Å². The van der Waals surface area contributed by atoms with Gasteiger partial charge in [0.1, 0.15) is 5.82 Å². The molecule has 22 heavy (non-hydrogen) atoms. The lowest BCUT2D eigenvalue weighted by atomic mass is 10.1. The number of carbonyl (C=O) groups is 1. The van der Waals surface area contributed by atoms with Crippen LogP contribution in [0.5, 0.6) is 0 Å². The molecular formula is C16H20FN3O2. The van der Waals surface area contributed by atoms with Crippen LogP contribution >= 0.6 is 0 Å². The summed E-state index contributed by atoms with van der Waals surface area (Å²) in [6.07, 6.45) is 1.66. The monoisotopic (exact) mass is 305 g/mol. The molecule has 0 spiro atoms. The van der Waals surface area contributed by atoms with Gasteiger partial charge in [-0.3, -0.25) is 4.79 Å². The molecule has 1 aromatic heterocycles. The molecule has 1 N–H and O–H groups in total. The third kappa shape index (κ3) is 4.95. The Balaban J connectivity index is 1.82. The number of halogens is 1. The van der Waals surface area contributed by atoms with E-state index in [1.54, 1.807) is 12.1 Å². The average molecular weight is 305 g/mol. The van der Waals surface area contributed by atoms with E-state index in [0.717, 1.165) is 6.42 Å². The van der Waals surface area contributed by atoms with Crippen molar-refractivity contribution in [3.05, 3.63) is 36.0 Å². The highest BCUT2D eigenvalue weighted by molar-refractivity contribution is 5.75. The SMILES string of the molecule is CC(C)CCNC(=O)CCc1nnc(-c2ccc(F)cc2)o1. The Labute approximate surface area is 128 Å². The Kier molecular flexibility index (Phi) is 5.63. The Hall–Kier alpha value is -2.24. The molecular weight excluding hydrogens is 285 g/mol. The van der Waals surface area contributed by atoms with E-state index in [1.165, 1.54) is 12.1 Å². The molecule has 1 heterocycles. The summed E-state index contributed by atoms with van der Waals surface area (Å²) in [7, 11) is 0. The van der Waals surface area contributed by atoms with E-state index in [-0.39, 0.29) is 11.7 Å². The van der Waals surface area contributed by atoms with Crippen LogP contribution in [0.3, 0.4) is 0 Å².